The van der Waals surface area contributed by atoms with Crippen molar-refractivity contribution in [2.45, 2.75) is 12.8 Å². The Morgan fingerprint density at radius 1 is 0.963 bits per heavy atom. The lowest BCUT2D eigenvalue weighted by atomic mass is 10.2. The van der Waals surface area contributed by atoms with E-state index in [9.17, 15) is 4.79 Å². The SMILES string of the molecule is O=C(CCc1nc(-c2ccccc2)cs1)Nc1ccc(-c2nccs2)cc1. The monoisotopic (exact) mass is 391 g/mol. The van der Waals surface area contributed by atoms with E-state index in [0.29, 0.717) is 12.8 Å². The topological polar surface area (TPSA) is 54.9 Å². The highest BCUT2D eigenvalue weighted by molar-refractivity contribution is 7.13. The number of hydrogen-bond donors (Lipinski definition) is 1. The van der Waals surface area contributed by atoms with Gasteiger partial charge in [-0.2, -0.15) is 0 Å². The van der Waals surface area contributed by atoms with Gasteiger partial charge in [-0.3, -0.25) is 4.79 Å². The van der Waals surface area contributed by atoms with Crippen molar-refractivity contribution >= 4 is 34.3 Å². The number of aryl methyl sites for hydroxylation is 1. The number of nitrogens with one attached hydrogen (secondary N) is 1. The van der Waals surface area contributed by atoms with Gasteiger partial charge in [0.1, 0.15) is 5.01 Å². The zero-order valence-corrected chi connectivity index (χ0v) is 16.1. The first-order valence-corrected chi connectivity index (χ1v) is 10.3. The number of rotatable bonds is 6. The smallest absolute Gasteiger partial charge is 0.224 e. The first kappa shape index (κ1) is 17.6. The van der Waals surface area contributed by atoms with E-state index < -0.39 is 0 Å². The number of aromatic nitrogens is 2. The minimum atomic E-state index is -0.00606. The van der Waals surface area contributed by atoms with Crippen LogP contribution in [0.3, 0.4) is 0 Å². The lowest BCUT2D eigenvalue weighted by molar-refractivity contribution is -0.116. The molecule has 2 heterocycles. The molecule has 0 atom stereocenters. The van der Waals surface area contributed by atoms with Gasteiger partial charge in [-0.25, -0.2) is 9.97 Å². The van der Waals surface area contributed by atoms with Crippen LogP contribution in [0.1, 0.15) is 11.4 Å². The third-order valence-electron chi connectivity index (χ3n) is 4.04. The van der Waals surface area contributed by atoms with Crippen LogP contribution >= 0.6 is 22.7 Å². The predicted molar refractivity (Wildman–Crippen MR) is 112 cm³/mol. The summed E-state index contributed by atoms with van der Waals surface area (Å²) in [4.78, 5) is 21.2. The molecule has 1 amide bonds. The van der Waals surface area contributed by atoms with E-state index in [0.717, 1.165) is 32.5 Å². The minimum absolute atomic E-state index is 0.00606. The maximum Gasteiger partial charge on any atom is 0.224 e. The molecule has 0 aliphatic heterocycles. The Morgan fingerprint density at radius 3 is 2.52 bits per heavy atom. The highest BCUT2D eigenvalue weighted by Crippen LogP contribution is 2.24. The average Bonchev–Trinajstić information content (AvgIpc) is 3.40. The number of thiazole rings is 2. The Morgan fingerprint density at radius 2 is 1.78 bits per heavy atom. The summed E-state index contributed by atoms with van der Waals surface area (Å²) in [5.74, 6) is -0.00606. The third kappa shape index (κ3) is 4.48. The van der Waals surface area contributed by atoms with Crippen molar-refractivity contribution in [3.63, 3.8) is 0 Å². The quantitative estimate of drug-likeness (QED) is 0.472. The van der Waals surface area contributed by atoms with E-state index in [4.69, 9.17) is 0 Å². The van der Waals surface area contributed by atoms with Gasteiger partial charge in [0.25, 0.3) is 0 Å². The molecule has 4 aromatic rings. The predicted octanol–water partition coefficient (Wildman–Crippen LogP) is 5.50. The van der Waals surface area contributed by atoms with Crippen molar-refractivity contribution in [1.82, 2.24) is 9.97 Å². The second-order valence-electron chi connectivity index (χ2n) is 5.96. The molecule has 4 rings (SSSR count). The van der Waals surface area contributed by atoms with Gasteiger partial charge in [0.2, 0.25) is 5.91 Å². The van der Waals surface area contributed by atoms with E-state index in [2.05, 4.69) is 15.3 Å². The van der Waals surface area contributed by atoms with Crippen LogP contribution in [0.15, 0.2) is 71.6 Å². The van der Waals surface area contributed by atoms with Gasteiger partial charge in [0.15, 0.2) is 0 Å². The molecule has 0 aliphatic rings. The first-order valence-electron chi connectivity index (χ1n) is 8.57. The molecule has 0 bridgehead atoms. The Hall–Kier alpha value is -2.83. The molecule has 27 heavy (non-hydrogen) atoms. The van der Waals surface area contributed by atoms with Crippen LogP contribution < -0.4 is 5.32 Å². The summed E-state index contributed by atoms with van der Waals surface area (Å²) < 4.78 is 0. The van der Waals surface area contributed by atoms with E-state index in [1.165, 1.54) is 0 Å². The first-order chi connectivity index (χ1) is 13.3. The average molecular weight is 392 g/mol. The fraction of sp³-hybridized carbons (Fsp3) is 0.0952. The molecule has 2 aromatic heterocycles. The zero-order valence-electron chi connectivity index (χ0n) is 14.5. The van der Waals surface area contributed by atoms with Crippen molar-refractivity contribution in [1.29, 1.82) is 0 Å². The van der Waals surface area contributed by atoms with Gasteiger partial charge >= 0.3 is 0 Å². The summed E-state index contributed by atoms with van der Waals surface area (Å²) in [5.41, 5.74) is 3.92. The van der Waals surface area contributed by atoms with Crippen LogP contribution in [0.5, 0.6) is 0 Å². The number of benzene rings is 2. The second kappa shape index (κ2) is 8.24. The van der Waals surface area contributed by atoms with Crippen LogP contribution in [0, 0.1) is 0 Å². The van der Waals surface area contributed by atoms with E-state index in [-0.39, 0.29) is 5.91 Å². The Kier molecular flexibility index (Phi) is 5.37. The summed E-state index contributed by atoms with van der Waals surface area (Å²) in [7, 11) is 0. The number of anilines is 1. The molecule has 0 aliphatic carbocycles. The molecule has 6 heteroatoms. The summed E-state index contributed by atoms with van der Waals surface area (Å²) in [6.07, 6.45) is 2.84. The number of hydrogen-bond acceptors (Lipinski definition) is 5. The molecule has 0 fully saturated rings. The van der Waals surface area contributed by atoms with E-state index >= 15 is 0 Å². The van der Waals surface area contributed by atoms with Crippen LogP contribution in [0.4, 0.5) is 5.69 Å². The molecule has 0 saturated carbocycles. The van der Waals surface area contributed by atoms with E-state index in [1.54, 1.807) is 28.9 Å². The van der Waals surface area contributed by atoms with Crippen molar-refractivity contribution in [2.24, 2.45) is 0 Å². The highest BCUT2D eigenvalue weighted by atomic mass is 32.1. The molecule has 1 N–H and O–H groups in total. The molecule has 0 saturated heterocycles. The molecule has 0 spiro atoms. The van der Waals surface area contributed by atoms with Crippen molar-refractivity contribution in [3.05, 3.63) is 76.6 Å². The molecule has 0 unspecified atom stereocenters. The second-order valence-corrected chi connectivity index (χ2v) is 7.79. The number of nitrogens with zero attached hydrogens (tertiary/aromatic N) is 2. The Labute approximate surface area is 165 Å². The van der Waals surface area contributed by atoms with Crippen molar-refractivity contribution in [2.75, 3.05) is 5.32 Å². The zero-order chi connectivity index (χ0) is 18.5. The van der Waals surface area contributed by atoms with E-state index in [1.807, 2.05) is 65.4 Å². The van der Waals surface area contributed by atoms with Crippen LogP contribution in [0.2, 0.25) is 0 Å². The molecule has 134 valence electrons. The van der Waals surface area contributed by atoms with Gasteiger partial charge in [-0.15, -0.1) is 22.7 Å². The number of amides is 1. The number of carbonyl (C=O) groups is 1. The Balaban J connectivity index is 1.32. The molecule has 0 radical (unpaired) electrons. The van der Waals surface area contributed by atoms with Crippen molar-refractivity contribution < 1.29 is 4.79 Å². The van der Waals surface area contributed by atoms with Gasteiger partial charge in [0.05, 0.1) is 10.7 Å². The van der Waals surface area contributed by atoms with Crippen LogP contribution in [-0.4, -0.2) is 15.9 Å². The normalized spacial score (nSPS) is 10.7. The molecule has 2 aromatic carbocycles. The van der Waals surface area contributed by atoms with Gasteiger partial charge in [0, 0.05) is 46.6 Å². The summed E-state index contributed by atoms with van der Waals surface area (Å²) in [6, 6.07) is 17.8. The highest BCUT2D eigenvalue weighted by Gasteiger charge is 2.08. The van der Waals surface area contributed by atoms with Crippen molar-refractivity contribution in [3.8, 4) is 21.8 Å². The lowest BCUT2D eigenvalue weighted by Gasteiger charge is -2.05. The van der Waals surface area contributed by atoms with Crippen LogP contribution in [0.25, 0.3) is 21.8 Å². The summed E-state index contributed by atoms with van der Waals surface area (Å²) >= 11 is 3.19. The van der Waals surface area contributed by atoms with Crippen LogP contribution in [-0.2, 0) is 11.2 Å². The number of carbonyl (C=O) groups excluding carboxylic acids is 1. The van der Waals surface area contributed by atoms with Gasteiger partial charge < -0.3 is 5.32 Å². The third-order valence-corrected chi connectivity index (χ3v) is 5.77. The fourth-order valence-corrected chi connectivity index (χ4v) is 4.13. The molecule has 4 nitrogen and oxygen atoms in total. The maximum absolute atomic E-state index is 12.2. The molecular weight excluding hydrogens is 374 g/mol. The summed E-state index contributed by atoms with van der Waals surface area (Å²) in [5, 5.41) is 8.89. The largest absolute Gasteiger partial charge is 0.326 e. The fourth-order valence-electron chi connectivity index (χ4n) is 2.67. The van der Waals surface area contributed by atoms with Gasteiger partial charge in [-0.05, 0) is 24.3 Å². The lowest BCUT2D eigenvalue weighted by Crippen LogP contribution is -2.12. The Bertz CT molecular complexity index is 1010. The maximum atomic E-state index is 12.2. The minimum Gasteiger partial charge on any atom is -0.326 e. The standard InChI is InChI=1S/C21H17N3OS2/c25-19(23-17-8-6-16(7-9-17)21-22-12-13-26-21)10-11-20-24-18(14-27-20)15-4-2-1-3-5-15/h1-9,12-14H,10-11H2,(H,23,25). The molecular formula is C21H17N3OS2. The summed E-state index contributed by atoms with van der Waals surface area (Å²) in [6.45, 7) is 0. The van der Waals surface area contributed by atoms with Gasteiger partial charge in [-0.1, -0.05) is 30.3 Å².